The second-order valence-electron chi connectivity index (χ2n) is 6.87. The summed E-state index contributed by atoms with van der Waals surface area (Å²) in [6, 6.07) is 17.3. The van der Waals surface area contributed by atoms with E-state index in [0.29, 0.717) is 32.4 Å². The van der Waals surface area contributed by atoms with Crippen LogP contribution in [0.25, 0.3) is 6.08 Å². The molecule has 0 bridgehead atoms. The summed E-state index contributed by atoms with van der Waals surface area (Å²) in [6.45, 7) is 0.407. The Labute approximate surface area is 219 Å². The van der Waals surface area contributed by atoms with Crippen molar-refractivity contribution in [3.05, 3.63) is 106 Å². The number of carbonyl (C=O) groups excluding carboxylic acids is 1. The van der Waals surface area contributed by atoms with E-state index in [1.165, 1.54) is 24.3 Å². The summed E-state index contributed by atoms with van der Waals surface area (Å²) < 4.78 is 13.8. The molecule has 0 unspecified atom stereocenters. The maximum absolute atomic E-state index is 12.3. The SMILES string of the molecule is O=C1OC(c2ccc([N+](=O)[O-])cc2)=N/C1=C\c1cc(Br)c(OCc2ccc(I)cc2)c(Br)c1. The van der Waals surface area contributed by atoms with Crippen molar-refractivity contribution in [3.63, 3.8) is 0 Å². The van der Waals surface area contributed by atoms with Gasteiger partial charge in [-0.15, -0.1) is 0 Å². The van der Waals surface area contributed by atoms with Crippen LogP contribution in [0.1, 0.15) is 16.7 Å². The van der Waals surface area contributed by atoms with E-state index in [-0.39, 0.29) is 17.3 Å². The highest BCUT2D eigenvalue weighted by molar-refractivity contribution is 14.1. The number of halogens is 3. The zero-order valence-corrected chi connectivity index (χ0v) is 22.0. The molecule has 3 aromatic carbocycles. The van der Waals surface area contributed by atoms with Crippen molar-refractivity contribution in [1.29, 1.82) is 0 Å². The zero-order valence-electron chi connectivity index (χ0n) is 16.6. The Balaban J connectivity index is 1.53. The Bertz CT molecular complexity index is 1280. The first-order chi connectivity index (χ1) is 15.8. The molecule has 0 spiro atoms. The molecule has 0 atom stereocenters. The lowest BCUT2D eigenvalue weighted by atomic mass is 10.2. The van der Waals surface area contributed by atoms with Crippen molar-refractivity contribution < 1.29 is 19.2 Å². The summed E-state index contributed by atoms with van der Waals surface area (Å²) in [5.74, 6) is 0.131. The molecule has 1 heterocycles. The van der Waals surface area contributed by atoms with E-state index in [1.807, 2.05) is 36.4 Å². The van der Waals surface area contributed by atoms with E-state index in [4.69, 9.17) is 9.47 Å². The van der Waals surface area contributed by atoms with Crippen molar-refractivity contribution in [2.24, 2.45) is 4.99 Å². The highest BCUT2D eigenvalue weighted by Gasteiger charge is 2.25. The van der Waals surface area contributed by atoms with E-state index in [0.717, 1.165) is 9.13 Å². The average Bonchev–Trinajstić information content (AvgIpc) is 3.14. The number of benzene rings is 3. The maximum Gasteiger partial charge on any atom is 0.363 e. The van der Waals surface area contributed by atoms with E-state index in [9.17, 15) is 14.9 Å². The van der Waals surface area contributed by atoms with Gasteiger partial charge in [0.05, 0.1) is 13.9 Å². The second-order valence-corrected chi connectivity index (χ2v) is 9.82. The number of rotatable bonds is 6. The molecule has 0 aromatic heterocycles. The van der Waals surface area contributed by atoms with Crippen LogP contribution in [0.15, 0.2) is 80.3 Å². The zero-order chi connectivity index (χ0) is 23.5. The third-order valence-electron chi connectivity index (χ3n) is 4.57. The van der Waals surface area contributed by atoms with Gasteiger partial charge >= 0.3 is 5.97 Å². The largest absolute Gasteiger partial charge is 0.487 e. The highest BCUT2D eigenvalue weighted by Crippen LogP contribution is 2.36. The van der Waals surface area contributed by atoms with Crippen molar-refractivity contribution >= 4 is 78.1 Å². The summed E-state index contributed by atoms with van der Waals surface area (Å²) in [5, 5.41) is 10.8. The van der Waals surface area contributed by atoms with Crippen LogP contribution in [-0.4, -0.2) is 16.8 Å². The molecular formula is C23H13Br2IN2O5. The van der Waals surface area contributed by atoms with Gasteiger partial charge < -0.3 is 9.47 Å². The minimum absolute atomic E-state index is 0.0570. The van der Waals surface area contributed by atoms with Gasteiger partial charge in [-0.1, -0.05) is 12.1 Å². The van der Waals surface area contributed by atoms with Crippen LogP contribution in [0, 0.1) is 13.7 Å². The number of non-ortho nitro benzene ring substituents is 1. The van der Waals surface area contributed by atoms with Crippen LogP contribution < -0.4 is 4.74 Å². The van der Waals surface area contributed by atoms with Gasteiger partial charge in [-0.05, 0) is 108 Å². The minimum Gasteiger partial charge on any atom is -0.487 e. The van der Waals surface area contributed by atoms with Gasteiger partial charge in [-0.3, -0.25) is 10.1 Å². The Hall–Kier alpha value is -2.57. The third-order valence-corrected chi connectivity index (χ3v) is 6.46. The number of cyclic esters (lactones) is 1. The Morgan fingerprint density at radius 2 is 1.70 bits per heavy atom. The minimum atomic E-state index is -0.602. The standard InChI is InChI=1S/C23H13Br2IN2O5/c24-18-9-14(10-19(25)21(18)32-12-13-1-5-16(26)6-2-13)11-20-23(29)33-22(27-20)15-3-7-17(8-4-15)28(30)31/h1-11H,12H2/b20-11-. The molecule has 1 aliphatic rings. The molecule has 4 rings (SSSR count). The van der Waals surface area contributed by atoms with Gasteiger partial charge in [0, 0.05) is 21.3 Å². The lowest BCUT2D eigenvalue weighted by Gasteiger charge is -2.11. The number of hydrogen-bond acceptors (Lipinski definition) is 6. The number of nitro benzene ring substituents is 1. The van der Waals surface area contributed by atoms with Crippen molar-refractivity contribution in [2.75, 3.05) is 0 Å². The van der Waals surface area contributed by atoms with E-state index in [2.05, 4.69) is 59.4 Å². The number of nitro groups is 1. The summed E-state index contributed by atoms with van der Waals surface area (Å²) in [6.07, 6.45) is 1.60. The molecule has 0 saturated carbocycles. The number of ether oxygens (including phenoxy) is 2. The number of esters is 1. The third kappa shape index (κ3) is 5.68. The van der Waals surface area contributed by atoms with Crippen LogP contribution >= 0.6 is 54.5 Å². The normalized spacial score (nSPS) is 14.2. The van der Waals surface area contributed by atoms with Crippen LogP contribution in [0.4, 0.5) is 5.69 Å². The quantitative estimate of drug-likeness (QED) is 0.0955. The van der Waals surface area contributed by atoms with Crippen LogP contribution in [0.5, 0.6) is 5.75 Å². The lowest BCUT2D eigenvalue weighted by Crippen LogP contribution is -2.05. The molecule has 0 fully saturated rings. The van der Waals surface area contributed by atoms with E-state index in [1.54, 1.807) is 6.08 Å². The highest BCUT2D eigenvalue weighted by atomic mass is 127. The number of carbonyl (C=O) groups is 1. The van der Waals surface area contributed by atoms with Gasteiger partial charge in [-0.25, -0.2) is 9.79 Å². The Morgan fingerprint density at radius 3 is 2.30 bits per heavy atom. The number of hydrogen-bond donors (Lipinski definition) is 0. The smallest absolute Gasteiger partial charge is 0.363 e. The molecule has 166 valence electrons. The van der Waals surface area contributed by atoms with Gasteiger partial charge in [-0.2, -0.15) is 0 Å². The molecule has 0 N–H and O–H groups in total. The van der Waals surface area contributed by atoms with Gasteiger partial charge in [0.25, 0.3) is 5.69 Å². The monoisotopic (exact) mass is 682 g/mol. The molecule has 0 aliphatic carbocycles. The Kier molecular flexibility index (Phi) is 7.25. The van der Waals surface area contributed by atoms with Gasteiger partial charge in [0.2, 0.25) is 5.90 Å². The Morgan fingerprint density at radius 1 is 1.06 bits per heavy atom. The van der Waals surface area contributed by atoms with Gasteiger partial charge in [0.1, 0.15) is 12.4 Å². The number of nitrogens with zero attached hydrogens (tertiary/aromatic N) is 2. The van der Waals surface area contributed by atoms with Crippen molar-refractivity contribution in [2.45, 2.75) is 6.61 Å². The fourth-order valence-electron chi connectivity index (χ4n) is 2.95. The van der Waals surface area contributed by atoms with Crippen molar-refractivity contribution in [3.8, 4) is 5.75 Å². The summed E-state index contributed by atoms with van der Waals surface area (Å²) in [7, 11) is 0. The van der Waals surface area contributed by atoms with Crippen molar-refractivity contribution in [1.82, 2.24) is 0 Å². The molecule has 0 amide bonds. The number of aliphatic imine (C=N–C) groups is 1. The molecule has 3 aromatic rings. The predicted molar refractivity (Wildman–Crippen MR) is 139 cm³/mol. The molecule has 0 saturated heterocycles. The topological polar surface area (TPSA) is 91.0 Å². The maximum atomic E-state index is 12.3. The van der Waals surface area contributed by atoms with E-state index >= 15 is 0 Å². The van der Waals surface area contributed by atoms with Gasteiger partial charge in [0.15, 0.2) is 5.70 Å². The molecular weight excluding hydrogens is 671 g/mol. The molecule has 0 radical (unpaired) electrons. The average molecular weight is 684 g/mol. The predicted octanol–water partition coefficient (Wildman–Crippen LogP) is 6.65. The summed E-state index contributed by atoms with van der Waals surface area (Å²) in [4.78, 5) is 26.9. The first-order valence-electron chi connectivity index (χ1n) is 9.44. The van der Waals surface area contributed by atoms with E-state index < -0.39 is 10.9 Å². The second kappa shape index (κ2) is 10.1. The van der Waals surface area contributed by atoms with Crippen LogP contribution in [0.3, 0.4) is 0 Å². The summed E-state index contributed by atoms with van der Waals surface area (Å²) >= 11 is 9.30. The molecule has 33 heavy (non-hydrogen) atoms. The van der Waals surface area contributed by atoms with Crippen LogP contribution in [0.2, 0.25) is 0 Å². The lowest BCUT2D eigenvalue weighted by molar-refractivity contribution is -0.384. The van der Waals surface area contributed by atoms with Crippen LogP contribution in [-0.2, 0) is 16.1 Å². The fraction of sp³-hybridized carbons (Fsp3) is 0.0435. The molecule has 1 aliphatic heterocycles. The molecule has 10 heteroatoms. The first-order valence-corrected chi connectivity index (χ1v) is 12.1. The first kappa shape index (κ1) is 23.6. The molecule has 7 nitrogen and oxygen atoms in total. The fourth-order valence-corrected chi connectivity index (χ4v) is 4.76. The summed E-state index contributed by atoms with van der Waals surface area (Å²) in [5.41, 5.74) is 2.28.